The molecule has 26 heavy (non-hydrogen) atoms. The smallest absolute Gasteiger partial charge is 0.242 e. The second-order valence-corrected chi connectivity index (χ2v) is 9.52. The van der Waals surface area contributed by atoms with Gasteiger partial charge in [0.25, 0.3) is 0 Å². The zero-order valence-corrected chi connectivity index (χ0v) is 17.1. The van der Waals surface area contributed by atoms with E-state index in [0.717, 1.165) is 32.1 Å². The fraction of sp³-hybridized carbons (Fsp3) is 0.316. The highest BCUT2D eigenvalue weighted by Crippen LogP contribution is 2.40. The molecule has 0 fully saturated rings. The highest BCUT2D eigenvalue weighted by molar-refractivity contribution is 7.89. The summed E-state index contributed by atoms with van der Waals surface area (Å²) in [5.74, 6) is 0.528. The lowest BCUT2D eigenvalue weighted by atomic mass is 10.1. The molecule has 0 saturated heterocycles. The van der Waals surface area contributed by atoms with Gasteiger partial charge in [0, 0.05) is 21.9 Å². The van der Waals surface area contributed by atoms with Gasteiger partial charge in [-0.25, -0.2) is 13.1 Å². The predicted octanol–water partition coefficient (Wildman–Crippen LogP) is 4.42. The van der Waals surface area contributed by atoms with Crippen molar-refractivity contribution in [3.63, 3.8) is 0 Å². The Morgan fingerprint density at radius 3 is 2.38 bits per heavy atom. The molecule has 3 aromatic rings. The number of hydrogen-bond donors (Lipinski definition) is 1. The molecule has 0 aliphatic heterocycles. The molecule has 5 nitrogen and oxygen atoms in total. The summed E-state index contributed by atoms with van der Waals surface area (Å²) >= 11 is 1.45. The Kier molecular flexibility index (Phi) is 5.05. The molecule has 2 aromatic heterocycles. The zero-order valence-electron chi connectivity index (χ0n) is 15.5. The summed E-state index contributed by atoms with van der Waals surface area (Å²) in [4.78, 5) is 1.93. The Morgan fingerprint density at radius 2 is 1.77 bits per heavy atom. The number of thiophene rings is 1. The van der Waals surface area contributed by atoms with Gasteiger partial charge in [0.05, 0.1) is 11.3 Å². The van der Waals surface area contributed by atoms with E-state index in [9.17, 15) is 8.42 Å². The van der Waals surface area contributed by atoms with Crippen LogP contribution in [0.4, 0.5) is 0 Å². The van der Waals surface area contributed by atoms with Gasteiger partial charge >= 0.3 is 0 Å². The van der Waals surface area contributed by atoms with Crippen LogP contribution in [0.3, 0.4) is 0 Å². The van der Waals surface area contributed by atoms with Gasteiger partial charge in [0.2, 0.25) is 10.0 Å². The summed E-state index contributed by atoms with van der Waals surface area (Å²) in [5.41, 5.74) is 4.24. The third-order valence-electron chi connectivity index (χ3n) is 4.57. The number of aryl methyl sites for hydroxylation is 4. The normalized spacial score (nSPS) is 11.9. The maximum absolute atomic E-state index is 13.1. The molecule has 0 unspecified atom stereocenters. The molecular formula is C19H22N2O3S2. The summed E-state index contributed by atoms with van der Waals surface area (Å²) in [5, 5.41) is 3.99. The monoisotopic (exact) mass is 390 g/mol. The molecule has 0 atom stereocenters. The van der Waals surface area contributed by atoms with Crippen LogP contribution in [0.1, 0.15) is 32.1 Å². The molecule has 0 bridgehead atoms. The van der Waals surface area contributed by atoms with Crippen LogP contribution in [-0.4, -0.2) is 13.6 Å². The molecular weight excluding hydrogens is 368 g/mol. The Morgan fingerprint density at radius 1 is 1.08 bits per heavy atom. The van der Waals surface area contributed by atoms with E-state index in [4.69, 9.17) is 4.52 Å². The first kappa shape index (κ1) is 18.8. The van der Waals surface area contributed by atoms with Crippen molar-refractivity contribution in [2.45, 2.75) is 46.1 Å². The summed E-state index contributed by atoms with van der Waals surface area (Å²) in [6, 6.07) is 7.74. The van der Waals surface area contributed by atoms with Gasteiger partial charge in [0.1, 0.15) is 4.90 Å². The minimum Gasteiger partial charge on any atom is -0.356 e. The van der Waals surface area contributed by atoms with E-state index in [2.05, 4.69) is 9.88 Å². The number of nitrogens with zero attached hydrogens (tertiary/aromatic N) is 1. The van der Waals surface area contributed by atoms with E-state index < -0.39 is 10.0 Å². The molecule has 0 saturated carbocycles. The molecule has 3 rings (SSSR count). The molecule has 0 aliphatic rings. The number of nitrogens with one attached hydrogen (secondary N) is 1. The summed E-state index contributed by atoms with van der Waals surface area (Å²) in [6.07, 6.45) is 0. The van der Waals surface area contributed by atoms with Crippen LogP contribution in [0, 0.1) is 34.6 Å². The van der Waals surface area contributed by atoms with Gasteiger partial charge in [-0.3, -0.25) is 0 Å². The van der Waals surface area contributed by atoms with Gasteiger partial charge < -0.3 is 4.52 Å². The lowest BCUT2D eigenvalue weighted by molar-refractivity contribution is 0.426. The van der Waals surface area contributed by atoms with Crippen molar-refractivity contribution < 1.29 is 12.9 Å². The SMILES string of the molecule is Cc1ccccc1CNS(=O)(=O)c1c(C)sc(C)c1-c1onc(C)c1C. The summed E-state index contributed by atoms with van der Waals surface area (Å²) < 4.78 is 34.4. The van der Waals surface area contributed by atoms with E-state index in [0.29, 0.717) is 11.3 Å². The molecule has 0 spiro atoms. The lowest BCUT2D eigenvalue weighted by Crippen LogP contribution is -2.24. The van der Waals surface area contributed by atoms with Crippen molar-refractivity contribution in [1.82, 2.24) is 9.88 Å². The fourth-order valence-corrected chi connectivity index (χ4v) is 5.80. The van der Waals surface area contributed by atoms with Gasteiger partial charge in [-0.2, -0.15) is 0 Å². The topological polar surface area (TPSA) is 72.2 Å². The van der Waals surface area contributed by atoms with Gasteiger partial charge in [0.15, 0.2) is 5.76 Å². The first-order chi connectivity index (χ1) is 12.2. The maximum atomic E-state index is 13.1. The minimum atomic E-state index is -3.70. The minimum absolute atomic E-state index is 0.247. The van der Waals surface area contributed by atoms with Crippen LogP contribution in [0.5, 0.6) is 0 Å². The second kappa shape index (κ2) is 6.98. The predicted molar refractivity (Wildman–Crippen MR) is 104 cm³/mol. The molecule has 0 aliphatic carbocycles. The standard InChI is InChI=1S/C19H22N2O3S2/c1-11-8-6-7-9-16(11)10-20-26(22,23)19-15(5)25-14(4)17(19)18-12(2)13(3)21-24-18/h6-9,20H,10H2,1-5H3. The average Bonchev–Trinajstić information content (AvgIpc) is 3.06. The van der Waals surface area contributed by atoms with Crippen molar-refractivity contribution in [2.75, 3.05) is 0 Å². The van der Waals surface area contributed by atoms with Gasteiger partial charge in [-0.15, -0.1) is 11.3 Å². The van der Waals surface area contributed by atoms with Crippen LogP contribution in [0.15, 0.2) is 33.7 Å². The maximum Gasteiger partial charge on any atom is 0.242 e. The Hall–Kier alpha value is -1.96. The highest BCUT2D eigenvalue weighted by atomic mass is 32.2. The third kappa shape index (κ3) is 3.34. The molecule has 0 amide bonds. The van der Waals surface area contributed by atoms with E-state index >= 15 is 0 Å². The van der Waals surface area contributed by atoms with Crippen molar-refractivity contribution in [2.24, 2.45) is 0 Å². The van der Waals surface area contributed by atoms with Crippen LogP contribution < -0.4 is 4.72 Å². The highest BCUT2D eigenvalue weighted by Gasteiger charge is 2.29. The largest absolute Gasteiger partial charge is 0.356 e. The summed E-state index contributed by atoms with van der Waals surface area (Å²) in [6.45, 7) is 9.69. The quantitative estimate of drug-likeness (QED) is 0.700. The van der Waals surface area contributed by atoms with E-state index in [-0.39, 0.29) is 11.4 Å². The van der Waals surface area contributed by atoms with Crippen molar-refractivity contribution in [3.8, 4) is 11.3 Å². The van der Waals surface area contributed by atoms with Gasteiger partial charge in [-0.1, -0.05) is 29.4 Å². The first-order valence-corrected chi connectivity index (χ1v) is 10.6. The molecule has 1 aromatic carbocycles. The molecule has 138 valence electrons. The number of aromatic nitrogens is 1. The molecule has 7 heteroatoms. The van der Waals surface area contributed by atoms with E-state index in [1.165, 1.54) is 11.3 Å². The Bertz CT molecular complexity index is 1060. The average molecular weight is 391 g/mol. The van der Waals surface area contributed by atoms with E-state index in [1.54, 1.807) is 0 Å². The number of rotatable bonds is 5. The first-order valence-electron chi connectivity index (χ1n) is 8.29. The van der Waals surface area contributed by atoms with Crippen LogP contribution in [0.25, 0.3) is 11.3 Å². The van der Waals surface area contributed by atoms with Crippen LogP contribution >= 0.6 is 11.3 Å². The number of sulfonamides is 1. The van der Waals surface area contributed by atoms with Crippen LogP contribution in [0.2, 0.25) is 0 Å². The second-order valence-electron chi connectivity index (χ2n) is 6.39. The fourth-order valence-electron chi connectivity index (χ4n) is 2.95. The van der Waals surface area contributed by atoms with E-state index in [1.807, 2.05) is 58.9 Å². The van der Waals surface area contributed by atoms with Crippen LogP contribution in [-0.2, 0) is 16.6 Å². The molecule has 1 N–H and O–H groups in total. The zero-order chi connectivity index (χ0) is 19.1. The lowest BCUT2D eigenvalue weighted by Gasteiger charge is -2.10. The van der Waals surface area contributed by atoms with Crippen molar-refractivity contribution in [3.05, 3.63) is 56.4 Å². The van der Waals surface area contributed by atoms with Crippen molar-refractivity contribution in [1.29, 1.82) is 0 Å². The molecule has 2 heterocycles. The Labute approximate surface area is 158 Å². The number of benzene rings is 1. The molecule has 0 radical (unpaired) electrons. The van der Waals surface area contributed by atoms with Crippen molar-refractivity contribution >= 4 is 21.4 Å². The number of hydrogen-bond acceptors (Lipinski definition) is 5. The third-order valence-corrected chi connectivity index (χ3v) is 7.29. The summed E-state index contributed by atoms with van der Waals surface area (Å²) in [7, 11) is -3.70. The van der Waals surface area contributed by atoms with Gasteiger partial charge in [-0.05, 0) is 45.7 Å². The Balaban J connectivity index is 2.03.